The lowest BCUT2D eigenvalue weighted by molar-refractivity contribution is 0.200. The van der Waals surface area contributed by atoms with Gasteiger partial charge in [-0.25, -0.2) is 0 Å². The number of nitrogens with zero attached hydrogens (tertiary/aromatic N) is 1. The maximum Gasteiger partial charge on any atom is 0.161 e. The van der Waals surface area contributed by atoms with Gasteiger partial charge in [0.25, 0.3) is 0 Å². The van der Waals surface area contributed by atoms with Crippen molar-refractivity contribution in [2.24, 2.45) is 0 Å². The molecule has 132 valence electrons. The number of methoxy groups -OCH3 is 1. The Morgan fingerprint density at radius 3 is 2.54 bits per heavy atom. The number of hydrogen-bond donors (Lipinski definition) is 0. The van der Waals surface area contributed by atoms with E-state index in [4.69, 9.17) is 9.47 Å². The first-order valence-electron chi connectivity index (χ1n) is 9.08. The van der Waals surface area contributed by atoms with Crippen molar-refractivity contribution < 1.29 is 9.47 Å². The van der Waals surface area contributed by atoms with Crippen LogP contribution in [0, 0.1) is 23.2 Å². The van der Waals surface area contributed by atoms with Crippen LogP contribution in [0.2, 0.25) is 0 Å². The molecule has 1 aliphatic carbocycles. The van der Waals surface area contributed by atoms with Gasteiger partial charge in [0.2, 0.25) is 0 Å². The Kier molecular flexibility index (Phi) is 6.18. The molecule has 26 heavy (non-hydrogen) atoms. The maximum absolute atomic E-state index is 9.22. The summed E-state index contributed by atoms with van der Waals surface area (Å²) in [5.41, 5.74) is 1.94. The van der Waals surface area contributed by atoms with Crippen molar-refractivity contribution >= 4 is 0 Å². The summed E-state index contributed by atoms with van der Waals surface area (Å²) >= 11 is 0. The van der Waals surface area contributed by atoms with Gasteiger partial charge in [0, 0.05) is 5.56 Å². The Morgan fingerprint density at radius 1 is 1.08 bits per heavy atom. The minimum absolute atomic E-state index is 0.156. The minimum atomic E-state index is -0.156. The molecule has 0 N–H and O–H groups in total. The molecule has 0 amide bonds. The molecule has 0 radical (unpaired) electrons. The third-order valence-corrected chi connectivity index (χ3v) is 4.65. The summed E-state index contributed by atoms with van der Waals surface area (Å²) in [6.45, 7) is 0. The van der Waals surface area contributed by atoms with E-state index < -0.39 is 0 Å². The molecule has 1 unspecified atom stereocenters. The highest BCUT2D eigenvalue weighted by atomic mass is 16.5. The second-order valence-corrected chi connectivity index (χ2v) is 6.48. The average Bonchev–Trinajstić information content (AvgIpc) is 3.19. The highest BCUT2D eigenvalue weighted by molar-refractivity contribution is 5.47. The first kappa shape index (κ1) is 17.9. The highest BCUT2D eigenvalue weighted by Crippen LogP contribution is 2.34. The topological polar surface area (TPSA) is 42.2 Å². The number of nitriles is 1. The smallest absolute Gasteiger partial charge is 0.161 e. The standard InChI is InChI=1S/C23H23NO2/c1-25-22-14-13-20(17-23(22)26-21-9-5-6-10-21)19(15-16-24)12-11-18-7-3-2-4-8-18/h2-4,7-8,13-14,17,19,21H,5-6,9-10,15H2,1H3. The highest BCUT2D eigenvalue weighted by Gasteiger charge is 2.19. The Bertz CT molecular complexity index is 821. The van der Waals surface area contributed by atoms with Crippen molar-refractivity contribution in [2.75, 3.05) is 7.11 Å². The fourth-order valence-electron chi connectivity index (χ4n) is 3.22. The lowest BCUT2D eigenvalue weighted by Crippen LogP contribution is -2.12. The molecule has 0 bridgehead atoms. The summed E-state index contributed by atoms with van der Waals surface area (Å²) < 4.78 is 11.6. The molecule has 2 aromatic carbocycles. The summed E-state index contributed by atoms with van der Waals surface area (Å²) in [5, 5.41) is 9.22. The lowest BCUT2D eigenvalue weighted by Gasteiger charge is -2.18. The van der Waals surface area contributed by atoms with Gasteiger partial charge in [-0.05, 0) is 55.5 Å². The fraction of sp³-hybridized carbons (Fsp3) is 0.348. The van der Waals surface area contributed by atoms with E-state index in [0.717, 1.165) is 35.5 Å². The second-order valence-electron chi connectivity index (χ2n) is 6.48. The Balaban J connectivity index is 1.86. The Morgan fingerprint density at radius 2 is 1.85 bits per heavy atom. The van der Waals surface area contributed by atoms with E-state index in [1.165, 1.54) is 12.8 Å². The van der Waals surface area contributed by atoms with Crippen LogP contribution in [-0.2, 0) is 0 Å². The quantitative estimate of drug-likeness (QED) is 0.711. The SMILES string of the molecule is COc1ccc(C(C#Cc2ccccc2)CC#N)cc1OC1CCCC1. The van der Waals surface area contributed by atoms with Crippen molar-refractivity contribution in [1.82, 2.24) is 0 Å². The third kappa shape index (κ3) is 4.58. The molecule has 0 aromatic heterocycles. The maximum atomic E-state index is 9.22. The van der Waals surface area contributed by atoms with E-state index in [1.807, 2.05) is 48.5 Å². The molecule has 1 fully saturated rings. The Hall–Kier alpha value is -2.91. The van der Waals surface area contributed by atoms with Gasteiger partial charge >= 0.3 is 0 Å². The molecular formula is C23H23NO2. The first-order chi connectivity index (χ1) is 12.8. The number of hydrogen-bond acceptors (Lipinski definition) is 3. The van der Waals surface area contributed by atoms with Crippen LogP contribution in [0.15, 0.2) is 48.5 Å². The van der Waals surface area contributed by atoms with Gasteiger partial charge in [-0.3, -0.25) is 0 Å². The summed E-state index contributed by atoms with van der Waals surface area (Å²) in [5.74, 6) is 7.74. The lowest BCUT2D eigenvalue weighted by atomic mass is 9.96. The van der Waals surface area contributed by atoms with Crippen molar-refractivity contribution in [3.8, 4) is 29.4 Å². The molecular weight excluding hydrogens is 322 g/mol. The normalized spacial score (nSPS) is 14.8. The molecule has 1 saturated carbocycles. The van der Waals surface area contributed by atoms with E-state index in [2.05, 4.69) is 17.9 Å². The third-order valence-electron chi connectivity index (χ3n) is 4.65. The molecule has 0 saturated heterocycles. The van der Waals surface area contributed by atoms with Crippen LogP contribution in [0.4, 0.5) is 0 Å². The van der Waals surface area contributed by atoms with Crippen LogP contribution < -0.4 is 9.47 Å². The van der Waals surface area contributed by atoms with Crippen LogP contribution in [0.1, 0.15) is 49.1 Å². The zero-order chi connectivity index (χ0) is 18.2. The predicted molar refractivity (Wildman–Crippen MR) is 102 cm³/mol. The first-order valence-corrected chi connectivity index (χ1v) is 9.08. The molecule has 0 heterocycles. The van der Waals surface area contributed by atoms with Crippen LogP contribution >= 0.6 is 0 Å². The zero-order valence-electron chi connectivity index (χ0n) is 15.1. The largest absolute Gasteiger partial charge is 0.493 e. The van der Waals surface area contributed by atoms with Crippen LogP contribution in [0.3, 0.4) is 0 Å². The number of benzene rings is 2. The minimum Gasteiger partial charge on any atom is -0.493 e. The van der Waals surface area contributed by atoms with E-state index in [0.29, 0.717) is 6.42 Å². The van der Waals surface area contributed by atoms with Crippen molar-refractivity contribution in [3.63, 3.8) is 0 Å². The molecule has 0 spiro atoms. The van der Waals surface area contributed by atoms with Crippen molar-refractivity contribution in [1.29, 1.82) is 5.26 Å². The fourth-order valence-corrected chi connectivity index (χ4v) is 3.22. The predicted octanol–water partition coefficient (Wildman–Crippen LogP) is 5.07. The van der Waals surface area contributed by atoms with Gasteiger partial charge in [0.1, 0.15) is 0 Å². The molecule has 3 heteroatoms. The van der Waals surface area contributed by atoms with Gasteiger partial charge in [0.05, 0.1) is 31.6 Å². The monoisotopic (exact) mass is 345 g/mol. The second kappa shape index (κ2) is 8.97. The number of ether oxygens (including phenoxy) is 2. The summed E-state index contributed by atoms with van der Waals surface area (Å²) in [4.78, 5) is 0. The molecule has 3 rings (SSSR count). The molecule has 3 nitrogen and oxygen atoms in total. The molecule has 1 atom stereocenters. The van der Waals surface area contributed by atoms with E-state index >= 15 is 0 Å². The van der Waals surface area contributed by atoms with Crippen molar-refractivity contribution in [2.45, 2.75) is 44.1 Å². The van der Waals surface area contributed by atoms with Gasteiger partial charge in [-0.2, -0.15) is 5.26 Å². The summed E-state index contributed by atoms with van der Waals surface area (Å²) in [7, 11) is 1.65. The summed E-state index contributed by atoms with van der Waals surface area (Å²) in [6.07, 6.45) is 5.20. The van der Waals surface area contributed by atoms with Gasteiger partial charge < -0.3 is 9.47 Å². The van der Waals surface area contributed by atoms with Crippen molar-refractivity contribution in [3.05, 3.63) is 59.7 Å². The van der Waals surface area contributed by atoms with E-state index in [9.17, 15) is 5.26 Å². The number of rotatable bonds is 5. The molecule has 2 aromatic rings. The zero-order valence-corrected chi connectivity index (χ0v) is 15.1. The van der Waals surface area contributed by atoms with E-state index in [1.54, 1.807) is 7.11 Å². The average molecular weight is 345 g/mol. The van der Waals surface area contributed by atoms with E-state index in [-0.39, 0.29) is 12.0 Å². The van der Waals surface area contributed by atoms with Crippen LogP contribution in [-0.4, -0.2) is 13.2 Å². The Labute approximate surface area is 155 Å². The van der Waals surface area contributed by atoms with Gasteiger partial charge in [0.15, 0.2) is 11.5 Å². The van der Waals surface area contributed by atoms with Gasteiger partial charge in [-0.1, -0.05) is 36.1 Å². The van der Waals surface area contributed by atoms with Crippen LogP contribution in [0.5, 0.6) is 11.5 Å². The van der Waals surface area contributed by atoms with Crippen LogP contribution in [0.25, 0.3) is 0 Å². The molecule has 1 aliphatic rings. The van der Waals surface area contributed by atoms with Gasteiger partial charge in [-0.15, -0.1) is 0 Å². The molecule has 0 aliphatic heterocycles. The summed E-state index contributed by atoms with van der Waals surface area (Å²) in [6, 6.07) is 18.0.